The van der Waals surface area contributed by atoms with Crippen molar-refractivity contribution in [2.75, 3.05) is 13.7 Å². The summed E-state index contributed by atoms with van der Waals surface area (Å²) in [5, 5.41) is 10.7. The first-order valence-corrected chi connectivity index (χ1v) is 13.3. The standard InChI is InChI=1S/C28H42N4O6/c1-6-29-23(33)16-14-21(25(35)27(37)30-19-10-11-19)32-26(36)22(17-28(2,3)4)31-24(34)15-9-18-7-12-20(38-5)13-8-18/h7-8,12-13,19,21-22H,6,9-11,14-17H2,1-5H3,(H,29,33)(H,30,37)(H,31,34)(H,32,36). The van der Waals surface area contributed by atoms with Crippen molar-refractivity contribution in [3.63, 3.8) is 0 Å². The first kappa shape index (κ1) is 30.8. The summed E-state index contributed by atoms with van der Waals surface area (Å²) in [6.45, 7) is 8.04. The molecule has 210 valence electrons. The fourth-order valence-corrected chi connectivity index (χ4v) is 3.88. The molecule has 2 rings (SSSR count). The Balaban J connectivity index is 2.07. The molecule has 10 nitrogen and oxygen atoms in total. The van der Waals surface area contributed by atoms with Gasteiger partial charge >= 0.3 is 0 Å². The van der Waals surface area contributed by atoms with Gasteiger partial charge in [-0.3, -0.25) is 24.0 Å². The van der Waals surface area contributed by atoms with Gasteiger partial charge in [0.2, 0.25) is 23.5 Å². The van der Waals surface area contributed by atoms with Gasteiger partial charge in [-0.25, -0.2) is 0 Å². The molecule has 1 aliphatic rings. The van der Waals surface area contributed by atoms with Crippen molar-refractivity contribution in [1.82, 2.24) is 21.3 Å². The smallest absolute Gasteiger partial charge is 0.289 e. The van der Waals surface area contributed by atoms with Crippen LogP contribution in [-0.2, 0) is 30.4 Å². The molecule has 0 heterocycles. The Morgan fingerprint density at radius 1 is 0.947 bits per heavy atom. The molecule has 1 fully saturated rings. The van der Waals surface area contributed by atoms with Crippen molar-refractivity contribution >= 4 is 29.4 Å². The van der Waals surface area contributed by atoms with E-state index in [2.05, 4.69) is 21.3 Å². The summed E-state index contributed by atoms with van der Waals surface area (Å²) in [5.41, 5.74) is 0.644. The topological polar surface area (TPSA) is 143 Å². The first-order valence-electron chi connectivity index (χ1n) is 13.3. The van der Waals surface area contributed by atoms with Gasteiger partial charge in [0.25, 0.3) is 5.91 Å². The van der Waals surface area contributed by atoms with Crippen molar-refractivity contribution in [2.24, 2.45) is 5.41 Å². The number of Topliss-reactive ketones (excluding diaryl/α,β-unsaturated/α-hetero) is 1. The van der Waals surface area contributed by atoms with Gasteiger partial charge in [0.05, 0.1) is 13.2 Å². The van der Waals surface area contributed by atoms with Crippen LogP contribution in [0.2, 0.25) is 0 Å². The minimum Gasteiger partial charge on any atom is -0.497 e. The molecule has 4 N–H and O–H groups in total. The zero-order valence-corrected chi connectivity index (χ0v) is 23.1. The molecular weight excluding hydrogens is 488 g/mol. The Morgan fingerprint density at radius 2 is 1.61 bits per heavy atom. The van der Waals surface area contributed by atoms with E-state index in [1.807, 2.05) is 45.0 Å². The SMILES string of the molecule is CCNC(=O)CCC(NC(=O)C(CC(C)(C)C)NC(=O)CCc1ccc(OC)cc1)C(=O)C(=O)NC1CC1. The van der Waals surface area contributed by atoms with Gasteiger partial charge in [-0.15, -0.1) is 0 Å². The molecule has 2 unspecified atom stereocenters. The number of hydrogen-bond donors (Lipinski definition) is 4. The Bertz CT molecular complexity index is 982. The van der Waals surface area contributed by atoms with Crippen LogP contribution in [0.4, 0.5) is 0 Å². The van der Waals surface area contributed by atoms with Crippen molar-refractivity contribution < 1.29 is 28.7 Å². The number of hydrogen-bond acceptors (Lipinski definition) is 6. The van der Waals surface area contributed by atoms with Gasteiger partial charge in [-0.1, -0.05) is 32.9 Å². The highest BCUT2D eigenvalue weighted by Crippen LogP contribution is 2.22. The molecule has 10 heteroatoms. The molecule has 2 atom stereocenters. The van der Waals surface area contributed by atoms with Crippen molar-refractivity contribution in [3.05, 3.63) is 29.8 Å². The third kappa shape index (κ3) is 11.3. The maximum atomic E-state index is 13.3. The lowest BCUT2D eigenvalue weighted by molar-refractivity contribution is -0.141. The summed E-state index contributed by atoms with van der Waals surface area (Å²) < 4.78 is 5.15. The summed E-state index contributed by atoms with van der Waals surface area (Å²) in [6.07, 6.45) is 2.54. The normalized spacial score (nSPS) is 14.6. The Morgan fingerprint density at radius 3 is 2.16 bits per heavy atom. The van der Waals surface area contributed by atoms with Crippen LogP contribution in [0.15, 0.2) is 24.3 Å². The maximum Gasteiger partial charge on any atom is 0.289 e. The van der Waals surface area contributed by atoms with E-state index in [1.165, 1.54) is 0 Å². The maximum absolute atomic E-state index is 13.3. The molecule has 0 bridgehead atoms. The van der Waals surface area contributed by atoms with Crippen LogP contribution >= 0.6 is 0 Å². The third-order valence-corrected chi connectivity index (χ3v) is 6.07. The van der Waals surface area contributed by atoms with Crippen molar-refractivity contribution in [2.45, 2.75) is 90.8 Å². The van der Waals surface area contributed by atoms with Crippen LogP contribution in [0.5, 0.6) is 5.75 Å². The largest absolute Gasteiger partial charge is 0.497 e. The number of amides is 4. The summed E-state index contributed by atoms with van der Waals surface area (Å²) >= 11 is 0. The Kier molecular flexibility index (Phi) is 11.7. The monoisotopic (exact) mass is 530 g/mol. The zero-order valence-electron chi connectivity index (χ0n) is 23.1. The minimum atomic E-state index is -1.18. The zero-order chi connectivity index (χ0) is 28.3. The predicted octanol–water partition coefficient (Wildman–Crippen LogP) is 1.80. The summed E-state index contributed by atoms with van der Waals surface area (Å²) in [4.78, 5) is 63.4. The van der Waals surface area contributed by atoms with Gasteiger partial charge < -0.3 is 26.0 Å². The molecule has 0 saturated heterocycles. The van der Waals surface area contributed by atoms with Gasteiger partial charge in [-0.05, 0) is 62.1 Å². The first-order chi connectivity index (χ1) is 17.9. The molecule has 1 aromatic carbocycles. The van der Waals surface area contributed by atoms with Gasteiger partial charge in [-0.2, -0.15) is 0 Å². The second-order valence-electron chi connectivity index (χ2n) is 10.9. The fourth-order valence-electron chi connectivity index (χ4n) is 3.88. The van der Waals surface area contributed by atoms with E-state index < -0.39 is 29.7 Å². The van der Waals surface area contributed by atoms with Crippen LogP contribution in [0.1, 0.15) is 71.8 Å². The van der Waals surface area contributed by atoms with Gasteiger partial charge in [0.1, 0.15) is 11.8 Å². The number of rotatable bonds is 15. The summed E-state index contributed by atoms with van der Waals surface area (Å²) in [5.74, 6) is -1.99. The molecule has 1 aromatic rings. The van der Waals surface area contributed by atoms with Crippen molar-refractivity contribution in [1.29, 1.82) is 0 Å². The van der Waals surface area contributed by atoms with Crippen LogP contribution in [-0.4, -0.2) is 61.2 Å². The van der Waals surface area contributed by atoms with Gasteiger partial charge in [0.15, 0.2) is 0 Å². The highest BCUT2D eigenvalue weighted by Gasteiger charge is 2.34. The highest BCUT2D eigenvalue weighted by atomic mass is 16.5. The molecule has 1 saturated carbocycles. The van der Waals surface area contributed by atoms with E-state index in [0.29, 0.717) is 19.4 Å². The number of benzene rings is 1. The van der Waals surface area contributed by atoms with Crippen LogP contribution in [0.3, 0.4) is 0 Å². The number of methoxy groups -OCH3 is 1. The molecular formula is C28H42N4O6. The molecule has 0 aliphatic heterocycles. The molecule has 0 spiro atoms. The van der Waals surface area contributed by atoms with Crippen LogP contribution < -0.4 is 26.0 Å². The number of carbonyl (C=O) groups excluding carboxylic acids is 5. The molecule has 0 aromatic heterocycles. The van der Waals surface area contributed by atoms with E-state index in [4.69, 9.17) is 4.74 Å². The van der Waals surface area contributed by atoms with Gasteiger partial charge in [0, 0.05) is 25.4 Å². The summed E-state index contributed by atoms with van der Waals surface area (Å²) in [6, 6.07) is 5.28. The quantitative estimate of drug-likeness (QED) is 0.255. The van der Waals surface area contributed by atoms with E-state index in [9.17, 15) is 24.0 Å². The second-order valence-corrected chi connectivity index (χ2v) is 10.9. The van der Waals surface area contributed by atoms with E-state index >= 15 is 0 Å². The molecule has 4 amide bonds. The summed E-state index contributed by atoms with van der Waals surface area (Å²) in [7, 11) is 1.58. The molecule has 1 aliphatic carbocycles. The number of carbonyl (C=O) groups is 5. The average molecular weight is 531 g/mol. The Hall–Kier alpha value is -3.43. The lowest BCUT2D eigenvalue weighted by atomic mass is 9.87. The number of ketones is 1. The highest BCUT2D eigenvalue weighted by molar-refractivity contribution is 6.38. The minimum absolute atomic E-state index is 0.0233. The van der Waals surface area contributed by atoms with Crippen LogP contribution in [0.25, 0.3) is 0 Å². The third-order valence-electron chi connectivity index (χ3n) is 6.07. The number of ether oxygens (including phenoxy) is 1. The van der Waals surface area contributed by atoms with E-state index in [-0.39, 0.29) is 42.5 Å². The molecule has 38 heavy (non-hydrogen) atoms. The fraction of sp³-hybridized carbons (Fsp3) is 0.607. The number of aryl methyl sites for hydroxylation is 1. The Labute approximate surface area is 225 Å². The lowest BCUT2D eigenvalue weighted by Gasteiger charge is -2.28. The average Bonchev–Trinajstić information content (AvgIpc) is 3.68. The second kappa shape index (κ2) is 14.5. The van der Waals surface area contributed by atoms with Crippen LogP contribution in [0, 0.1) is 5.41 Å². The lowest BCUT2D eigenvalue weighted by Crippen LogP contribution is -2.55. The van der Waals surface area contributed by atoms with Crippen molar-refractivity contribution in [3.8, 4) is 5.75 Å². The predicted molar refractivity (Wildman–Crippen MR) is 143 cm³/mol. The number of nitrogens with one attached hydrogen (secondary N) is 4. The molecule has 0 radical (unpaired) electrons. The van der Waals surface area contributed by atoms with E-state index in [0.717, 1.165) is 24.2 Å². The van der Waals surface area contributed by atoms with E-state index in [1.54, 1.807) is 14.0 Å².